The zero-order valence-corrected chi connectivity index (χ0v) is 7.49. The van der Waals surface area contributed by atoms with Crippen molar-refractivity contribution >= 4 is 40.8 Å². The van der Waals surface area contributed by atoms with E-state index >= 15 is 0 Å². The van der Waals surface area contributed by atoms with E-state index in [1.54, 1.807) is 0 Å². The highest BCUT2D eigenvalue weighted by atomic mass is 35.6. The zero-order valence-electron chi connectivity index (χ0n) is 5.22. The van der Waals surface area contributed by atoms with Gasteiger partial charge in [-0.25, -0.2) is 4.79 Å². The highest BCUT2D eigenvalue weighted by Crippen LogP contribution is 2.33. The van der Waals surface area contributed by atoms with Crippen molar-refractivity contribution in [1.29, 1.82) is 0 Å². The van der Waals surface area contributed by atoms with E-state index in [4.69, 9.17) is 45.0 Å². The van der Waals surface area contributed by atoms with Crippen LogP contribution in [0.5, 0.6) is 0 Å². The van der Waals surface area contributed by atoms with Crippen LogP contribution >= 0.6 is 34.8 Å². The molecular weight excluding hydrogens is 214 g/mol. The molecule has 3 nitrogen and oxygen atoms in total. The van der Waals surface area contributed by atoms with E-state index in [0.717, 1.165) is 0 Å². The number of alkyl halides is 3. The van der Waals surface area contributed by atoms with Crippen molar-refractivity contribution in [3.05, 3.63) is 11.8 Å². The molecule has 0 fully saturated rings. The third kappa shape index (κ3) is 5.18. The molecule has 64 valence electrons. The Bertz CT molecular complexity index is 182. The quantitative estimate of drug-likeness (QED) is 0.425. The summed E-state index contributed by atoms with van der Waals surface area (Å²) in [4.78, 5) is 10.2. The van der Waals surface area contributed by atoms with E-state index in [0.29, 0.717) is 6.26 Å². The van der Waals surface area contributed by atoms with E-state index < -0.39 is 9.76 Å². The molecule has 6 heteroatoms. The predicted molar refractivity (Wildman–Crippen MR) is 43.3 cm³/mol. The Balaban J connectivity index is 4.24. The van der Waals surface area contributed by atoms with Gasteiger partial charge in [0.25, 0.3) is 0 Å². The Kier molecular flexibility index (Phi) is 4.00. The van der Waals surface area contributed by atoms with Gasteiger partial charge in [0.1, 0.15) is 0 Å². The summed E-state index contributed by atoms with van der Waals surface area (Å²) in [6.45, 7) is 0. The first kappa shape index (κ1) is 10.9. The molecule has 2 N–H and O–H groups in total. The van der Waals surface area contributed by atoms with Gasteiger partial charge in [-0.15, -0.1) is 0 Å². The fourth-order valence-corrected chi connectivity index (χ4v) is 0.824. The minimum Gasteiger partial charge on any atom is -0.515 e. The van der Waals surface area contributed by atoms with Gasteiger partial charge in [0, 0.05) is 6.42 Å². The lowest BCUT2D eigenvalue weighted by Crippen LogP contribution is -2.10. The standard InChI is InChI=1S/C5H5Cl3O3/c6-5(7,8)1-3(2-9)4(10)11/h2,9H,1H2,(H,10,11). The first-order valence-electron chi connectivity index (χ1n) is 2.50. The number of carboxylic acid groups (broad SMARTS) is 1. The van der Waals surface area contributed by atoms with E-state index in [2.05, 4.69) is 0 Å². The first-order valence-corrected chi connectivity index (χ1v) is 3.63. The van der Waals surface area contributed by atoms with Crippen LogP contribution in [-0.2, 0) is 4.79 Å². The molecule has 0 aromatic heterocycles. The van der Waals surface area contributed by atoms with E-state index in [-0.39, 0.29) is 12.0 Å². The number of hydrogen-bond donors (Lipinski definition) is 2. The first-order chi connectivity index (χ1) is 4.87. The molecule has 0 saturated carbocycles. The molecule has 0 radical (unpaired) electrons. The van der Waals surface area contributed by atoms with Gasteiger partial charge < -0.3 is 10.2 Å². The van der Waals surface area contributed by atoms with Crippen LogP contribution in [0, 0.1) is 0 Å². The summed E-state index contributed by atoms with van der Waals surface area (Å²) in [7, 11) is 0. The normalized spacial score (nSPS) is 13.2. The van der Waals surface area contributed by atoms with Crippen LogP contribution in [0.2, 0.25) is 0 Å². The lowest BCUT2D eigenvalue weighted by atomic mass is 10.2. The van der Waals surface area contributed by atoms with Gasteiger partial charge in [0.2, 0.25) is 0 Å². The maximum atomic E-state index is 10.2. The van der Waals surface area contributed by atoms with Gasteiger partial charge in [-0.3, -0.25) is 0 Å². The lowest BCUT2D eigenvalue weighted by Gasteiger charge is -2.09. The molecule has 0 heterocycles. The Morgan fingerprint density at radius 1 is 1.45 bits per heavy atom. The van der Waals surface area contributed by atoms with Crippen molar-refractivity contribution in [3.63, 3.8) is 0 Å². The van der Waals surface area contributed by atoms with E-state index in [9.17, 15) is 4.79 Å². The van der Waals surface area contributed by atoms with Crippen LogP contribution in [0.15, 0.2) is 11.8 Å². The minimum absolute atomic E-state index is 0.330. The minimum atomic E-state index is -1.69. The summed E-state index contributed by atoms with van der Waals surface area (Å²) >= 11 is 15.8. The number of hydrogen-bond acceptors (Lipinski definition) is 2. The predicted octanol–water partition coefficient (Wildman–Crippen LogP) is 2.27. The van der Waals surface area contributed by atoms with Gasteiger partial charge in [0.05, 0.1) is 11.8 Å². The Hall–Kier alpha value is -0.120. The molecule has 0 aromatic rings. The van der Waals surface area contributed by atoms with Crippen LogP contribution in [0.4, 0.5) is 0 Å². The van der Waals surface area contributed by atoms with Crippen LogP contribution in [0.3, 0.4) is 0 Å². The molecule has 0 atom stereocenters. The maximum Gasteiger partial charge on any atom is 0.334 e. The average Bonchev–Trinajstić information content (AvgIpc) is 1.80. The van der Waals surface area contributed by atoms with Crippen molar-refractivity contribution in [3.8, 4) is 0 Å². The fourth-order valence-electron chi connectivity index (χ4n) is 0.392. The average molecular weight is 219 g/mol. The Morgan fingerprint density at radius 2 is 1.91 bits per heavy atom. The summed E-state index contributed by atoms with van der Waals surface area (Å²) in [6, 6.07) is 0. The second-order valence-electron chi connectivity index (χ2n) is 1.75. The number of carbonyl (C=O) groups is 1. The Labute approximate surface area is 78.2 Å². The number of aliphatic hydroxyl groups excluding tert-OH is 1. The molecule has 0 unspecified atom stereocenters. The van der Waals surface area contributed by atoms with Crippen LogP contribution in [0.1, 0.15) is 6.42 Å². The summed E-state index contributed by atoms with van der Waals surface area (Å²) in [5, 5.41) is 16.7. The zero-order chi connectivity index (χ0) is 9.07. The van der Waals surface area contributed by atoms with Gasteiger partial charge in [-0.1, -0.05) is 34.8 Å². The van der Waals surface area contributed by atoms with E-state index in [1.165, 1.54) is 0 Å². The van der Waals surface area contributed by atoms with Gasteiger partial charge in [-0.05, 0) is 0 Å². The van der Waals surface area contributed by atoms with Crippen LogP contribution < -0.4 is 0 Å². The molecule has 0 saturated heterocycles. The summed E-state index contributed by atoms with van der Waals surface area (Å²) in [6.07, 6.45) is 0.0771. The highest BCUT2D eigenvalue weighted by molar-refractivity contribution is 6.67. The molecule has 0 bridgehead atoms. The van der Waals surface area contributed by atoms with Crippen LogP contribution in [-0.4, -0.2) is 20.0 Å². The van der Waals surface area contributed by atoms with Crippen molar-refractivity contribution in [1.82, 2.24) is 0 Å². The molecule has 0 spiro atoms. The second kappa shape index (κ2) is 4.04. The molecule has 0 aromatic carbocycles. The number of aliphatic carboxylic acids is 1. The molecule has 0 rings (SSSR count). The van der Waals surface area contributed by atoms with Crippen molar-refractivity contribution in [2.75, 3.05) is 0 Å². The third-order valence-electron chi connectivity index (χ3n) is 0.821. The fraction of sp³-hybridized carbons (Fsp3) is 0.400. The third-order valence-corrected chi connectivity index (χ3v) is 1.22. The SMILES string of the molecule is O=C(O)C(=CO)CC(Cl)(Cl)Cl. The topological polar surface area (TPSA) is 57.5 Å². The molecule has 0 aliphatic heterocycles. The highest BCUT2D eigenvalue weighted by Gasteiger charge is 2.24. The summed E-state index contributed by atoms with van der Waals surface area (Å²) < 4.78 is -1.69. The molecule has 0 aliphatic rings. The lowest BCUT2D eigenvalue weighted by molar-refractivity contribution is -0.132. The van der Waals surface area contributed by atoms with Gasteiger partial charge >= 0.3 is 5.97 Å². The monoisotopic (exact) mass is 218 g/mol. The molecule has 0 aliphatic carbocycles. The number of halogens is 3. The van der Waals surface area contributed by atoms with E-state index in [1.807, 2.05) is 0 Å². The molecule has 0 amide bonds. The molecule has 11 heavy (non-hydrogen) atoms. The smallest absolute Gasteiger partial charge is 0.334 e. The number of rotatable bonds is 2. The summed E-state index contributed by atoms with van der Waals surface area (Å²) in [5.41, 5.74) is -0.343. The largest absolute Gasteiger partial charge is 0.515 e. The maximum absolute atomic E-state index is 10.2. The van der Waals surface area contributed by atoms with Crippen molar-refractivity contribution in [2.45, 2.75) is 10.2 Å². The van der Waals surface area contributed by atoms with Gasteiger partial charge in [-0.2, -0.15) is 0 Å². The Morgan fingerprint density at radius 3 is 2.00 bits per heavy atom. The second-order valence-corrected chi connectivity index (χ2v) is 4.27. The van der Waals surface area contributed by atoms with Gasteiger partial charge in [0.15, 0.2) is 3.79 Å². The number of carboxylic acids is 1. The van der Waals surface area contributed by atoms with Crippen molar-refractivity contribution < 1.29 is 15.0 Å². The van der Waals surface area contributed by atoms with Crippen LogP contribution in [0.25, 0.3) is 0 Å². The molecular formula is C5H5Cl3O3. The number of aliphatic hydroxyl groups is 1. The summed E-state index contributed by atoms with van der Waals surface area (Å²) in [5.74, 6) is -1.31. The van der Waals surface area contributed by atoms with Crippen molar-refractivity contribution in [2.24, 2.45) is 0 Å².